The molecular weight excluding hydrogens is 298 g/mol. The Bertz CT molecular complexity index is 571. The summed E-state index contributed by atoms with van der Waals surface area (Å²) in [4.78, 5) is 1.21. The molecule has 2 rings (SSSR count). The highest BCUT2D eigenvalue weighted by Crippen LogP contribution is 2.24. The molecule has 0 bridgehead atoms. The van der Waals surface area contributed by atoms with Crippen LogP contribution >= 0.6 is 27.3 Å². The van der Waals surface area contributed by atoms with Gasteiger partial charge in [0, 0.05) is 21.3 Å². The number of anilines is 2. The quantitative estimate of drug-likeness (QED) is 0.852. The minimum atomic E-state index is 0.502. The number of hydrogen-bond acceptors (Lipinski definition) is 4. The van der Waals surface area contributed by atoms with Crippen LogP contribution < -0.4 is 11.1 Å². The van der Waals surface area contributed by atoms with Crippen LogP contribution in [0.3, 0.4) is 0 Å². The number of nitrogens with one attached hydrogen (secondary N) is 1. The molecule has 1 heterocycles. The standard InChI is InChI=1S/C12H10BrN3S/c13-9-4-10(17-7-9)6-16-11-3-1-2-8(5-14)12(11)15/h1-4,7,16H,6,15H2. The molecule has 1 aromatic carbocycles. The number of para-hydroxylation sites is 1. The molecule has 0 aliphatic rings. The zero-order valence-corrected chi connectivity index (χ0v) is 11.3. The van der Waals surface area contributed by atoms with E-state index < -0.39 is 0 Å². The third kappa shape index (κ3) is 2.78. The Morgan fingerprint density at radius 3 is 2.94 bits per heavy atom. The van der Waals surface area contributed by atoms with Crippen LogP contribution in [-0.4, -0.2) is 0 Å². The normalized spacial score (nSPS) is 9.88. The van der Waals surface area contributed by atoms with E-state index >= 15 is 0 Å². The van der Waals surface area contributed by atoms with Crippen LogP contribution in [0.4, 0.5) is 11.4 Å². The molecule has 0 amide bonds. The van der Waals surface area contributed by atoms with E-state index in [2.05, 4.69) is 33.4 Å². The molecule has 0 radical (unpaired) electrons. The van der Waals surface area contributed by atoms with E-state index in [1.54, 1.807) is 17.4 Å². The van der Waals surface area contributed by atoms with Gasteiger partial charge in [0.25, 0.3) is 0 Å². The van der Waals surface area contributed by atoms with Crippen molar-refractivity contribution in [1.82, 2.24) is 0 Å². The summed E-state index contributed by atoms with van der Waals surface area (Å²) < 4.78 is 1.08. The van der Waals surface area contributed by atoms with Crippen LogP contribution in [0.2, 0.25) is 0 Å². The van der Waals surface area contributed by atoms with Gasteiger partial charge >= 0.3 is 0 Å². The second-order valence-corrected chi connectivity index (χ2v) is 5.37. The van der Waals surface area contributed by atoms with Gasteiger partial charge in [0.15, 0.2) is 0 Å². The number of nitrogen functional groups attached to an aromatic ring is 1. The fraction of sp³-hybridized carbons (Fsp3) is 0.0833. The zero-order chi connectivity index (χ0) is 12.3. The Hall–Kier alpha value is -1.51. The first-order valence-electron chi connectivity index (χ1n) is 4.96. The Morgan fingerprint density at radius 1 is 1.47 bits per heavy atom. The van der Waals surface area contributed by atoms with Crippen molar-refractivity contribution in [3.63, 3.8) is 0 Å². The van der Waals surface area contributed by atoms with Gasteiger partial charge < -0.3 is 11.1 Å². The average molecular weight is 308 g/mol. The van der Waals surface area contributed by atoms with E-state index in [-0.39, 0.29) is 0 Å². The van der Waals surface area contributed by atoms with Gasteiger partial charge in [0.2, 0.25) is 0 Å². The van der Waals surface area contributed by atoms with Crippen LogP contribution in [0.15, 0.2) is 34.1 Å². The summed E-state index contributed by atoms with van der Waals surface area (Å²) in [5, 5.41) is 14.1. The van der Waals surface area contributed by atoms with E-state index in [1.807, 2.05) is 17.5 Å². The van der Waals surface area contributed by atoms with Gasteiger partial charge in [-0.3, -0.25) is 0 Å². The van der Waals surface area contributed by atoms with Gasteiger partial charge in [-0.2, -0.15) is 5.26 Å². The topological polar surface area (TPSA) is 61.8 Å². The molecule has 3 N–H and O–H groups in total. The number of benzene rings is 1. The van der Waals surface area contributed by atoms with Crippen LogP contribution in [0, 0.1) is 11.3 Å². The molecule has 0 atom stereocenters. The van der Waals surface area contributed by atoms with Crippen LogP contribution in [-0.2, 0) is 6.54 Å². The fourth-order valence-electron chi connectivity index (χ4n) is 1.45. The van der Waals surface area contributed by atoms with E-state index in [1.165, 1.54) is 4.88 Å². The number of hydrogen-bond donors (Lipinski definition) is 2. The summed E-state index contributed by atoms with van der Waals surface area (Å²) >= 11 is 5.08. The third-order valence-electron chi connectivity index (χ3n) is 2.30. The maximum Gasteiger partial charge on any atom is 0.101 e. The number of halogens is 1. The van der Waals surface area contributed by atoms with Gasteiger partial charge in [0.1, 0.15) is 6.07 Å². The Balaban J connectivity index is 2.12. The first-order chi connectivity index (χ1) is 8.20. The summed E-state index contributed by atoms with van der Waals surface area (Å²) in [7, 11) is 0. The summed E-state index contributed by atoms with van der Waals surface area (Å²) in [6.07, 6.45) is 0. The molecule has 0 aliphatic heterocycles. The molecule has 0 aliphatic carbocycles. The highest BCUT2D eigenvalue weighted by Gasteiger charge is 2.04. The molecule has 0 fully saturated rings. The van der Waals surface area contributed by atoms with Gasteiger partial charge in [-0.25, -0.2) is 0 Å². The predicted octanol–water partition coefficient (Wildman–Crippen LogP) is 3.58. The van der Waals surface area contributed by atoms with Gasteiger partial charge in [-0.15, -0.1) is 11.3 Å². The van der Waals surface area contributed by atoms with Crippen molar-refractivity contribution in [2.24, 2.45) is 0 Å². The minimum absolute atomic E-state index is 0.502. The molecule has 0 saturated carbocycles. The Morgan fingerprint density at radius 2 is 2.29 bits per heavy atom. The highest BCUT2D eigenvalue weighted by molar-refractivity contribution is 9.10. The van der Waals surface area contributed by atoms with E-state index in [0.717, 1.165) is 10.2 Å². The average Bonchev–Trinajstić information content (AvgIpc) is 2.74. The molecule has 0 spiro atoms. The molecule has 2 aromatic rings. The zero-order valence-electron chi connectivity index (χ0n) is 8.90. The smallest absolute Gasteiger partial charge is 0.101 e. The monoisotopic (exact) mass is 307 g/mol. The summed E-state index contributed by atoms with van der Waals surface area (Å²) in [5.74, 6) is 0. The number of nitrogens with zero attached hydrogens (tertiary/aromatic N) is 1. The van der Waals surface area contributed by atoms with E-state index in [4.69, 9.17) is 11.0 Å². The largest absolute Gasteiger partial charge is 0.396 e. The number of thiophene rings is 1. The lowest BCUT2D eigenvalue weighted by molar-refractivity contribution is 1.19. The van der Waals surface area contributed by atoms with Gasteiger partial charge in [0.05, 0.1) is 16.9 Å². The predicted molar refractivity (Wildman–Crippen MR) is 74.9 cm³/mol. The lowest BCUT2D eigenvalue weighted by Crippen LogP contribution is -2.02. The first-order valence-corrected chi connectivity index (χ1v) is 6.63. The molecular formula is C12H10BrN3S. The van der Waals surface area contributed by atoms with E-state index in [9.17, 15) is 0 Å². The van der Waals surface area contributed by atoms with Crippen molar-refractivity contribution in [2.45, 2.75) is 6.54 Å². The van der Waals surface area contributed by atoms with E-state index in [0.29, 0.717) is 17.8 Å². The molecule has 17 heavy (non-hydrogen) atoms. The summed E-state index contributed by atoms with van der Waals surface area (Å²) in [6.45, 7) is 0.704. The van der Waals surface area contributed by atoms with Crippen molar-refractivity contribution in [3.8, 4) is 6.07 Å². The molecule has 5 heteroatoms. The highest BCUT2D eigenvalue weighted by atomic mass is 79.9. The van der Waals surface area contributed by atoms with Crippen molar-refractivity contribution in [3.05, 3.63) is 44.6 Å². The number of nitrogens with two attached hydrogens (primary N) is 1. The van der Waals surface area contributed by atoms with Crippen LogP contribution in [0.5, 0.6) is 0 Å². The molecule has 86 valence electrons. The molecule has 3 nitrogen and oxygen atoms in total. The van der Waals surface area contributed by atoms with Gasteiger partial charge in [-0.1, -0.05) is 6.07 Å². The lowest BCUT2D eigenvalue weighted by Gasteiger charge is -2.08. The summed E-state index contributed by atoms with van der Waals surface area (Å²) in [5.41, 5.74) is 7.68. The maximum atomic E-state index is 8.87. The second kappa shape index (κ2) is 5.21. The Kier molecular flexibility index (Phi) is 3.67. The summed E-state index contributed by atoms with van der Waals surface area (Å²) in [6, 6.07) is 9.53. The lowest BCUT2D eigenvalue weighted by atomic mass is 10.1. The van der Waals surface area contributed by atoms with Crippen LogP contribution in [0.1, 0.15) is 10.4 Å². The first kappa shape index (κ1) is 12.0. The van der Waals surface area contributed by atoms with Crippen molar-refractivity contribution in [1.29, 1.82) is 5.26 Å². The molecule has 1 aromatic heterocycles. The number of nitriles is 1. The van der Waals surface area contributed by atoms with Crippen molar-refractivity contribution in [2.75, 3.05) is 11.1 Å². The van der Waals surface area contributed by atoms with Crippen molar-refractivity contribution < 1.29 is 0 Å². The van der Waals surface area contributed by atoms with Crippen molar-refractivity contribution >= 4 is 38.6 Å². The molecule has 0 unspecified atom stereocenters. The minimum Gasteiger partial charge on any atom is -0.396 e. The fourth-order valence-corrected chi connectivity index (χ4v) is 2.84. The third-order valence-corrected chi connectivity index (χ3v) is 4.00. The Labute approximate surface area is 112 Å². The second-order valence-electron chi connectivity index (χ2n) is 3.46. The van der Waals surface area contributed by atoms with Gasteiger partial charge in [-0.05, 0) is 34.1 Å². The molecule has 0 saturated heterocycles. The number of rotatable bonds is 3. The maximum absolute atomic E-state index is 8.87. The van der Waals surface area contributed by atoms with Crippen LogP contribution in [0.25, 0.3) is 0 Å². The SMILES string of the molecule is N#Cc1cccc(NCc2cc(Br)cs2)c1N.